The van der Waals surface area contributed by atoms with Gasteiger partial charge in [-0.25, -0.2) is 4.98 Å². The lowest BCUT2D eigenvalue weighted by atomic mass is 9.91. The van der Waals surface area contributed by atoms with Crippen molar-refractivity contribution >= 4 is 29.5 Å². The highest BCUT2D eigenvalue weighted by atomic mass is 16.5. The molecule has 0 saturated heterocycles. The minimum Gasteiger partial charge on any atom is -0.384 e. The van der Waals surface area contributed by atoms with Crippen LogP contribution in [-0.2, 0) is 34.2 Å². The molecule has 2 aromatic rings. The fraction of sp³-hybridized carbons (Fsp3) is 0.600. The molecule has 4 rings (SSSR count). The molecular weight excluding hydrogens is 490 g/mol. The van der Waals surface area contributed by atoms with Crippen molar-refractivity contribution in [2.24, 2.45) is 7.05 Å². The van der Waals surface area contributed by atoms with E-state index in [0.29, 0.717) is 75.9 Å². The molecule has 0 fully saturated rings. The lowest BCUT2D eigenvalue weighted by Gasteiger charge is -2.27. The Morgan fingerprint density at radius 2 is 2.00 bits per heavy atom. The molecule has 3 amide bonds. The Morgan fingerprint density at radius 3 is 2.79 bits per heavy atom. The third-order valence-corrected chi connectivity index (χ3v) is 6.94. The number of ether oxygens (including phenoxy) is 1. The van der Waals surface area contributed by atoms with Gasteiger partial charge in [-0.3, -0.25) is 19.1 Å². The van der Waals surface area contributed by atoms with E-state index >= 15 is 0 Å². The van der Waals surface area contributed by atoms with E-state index in [0.717, 1.165) is 17.7 Å². The number of carbonyl (C=O) groups is 3. The van der Waals surface area contributed by atoms with Crippen LogP contribution in [0.4, 0.5) is 11.8 Å². The second kappa shape index (κ2) is 12.7. The Hall–Kier alpha value is -3.74. The van der Waals surface area contributed by atoms with E-state index in [1.54, 1.807) is 29.0 Å². The number of aromatic nitrogens is 4. The lowest BCUT2D eigenvalue weighted by molar-refractivity contribution is -0.137. The summed E-state index contributed by atoms with van der Waals surface area (Å²) >= 11 is 0. The Kier molecular flexibility index (Phi) is 9.10. The lowest BCUT2D eigenvalue weighted by Crippen LogP contribution is -2.47. The van der Waals surface area contributed by atoms with Gasteiger partial charge in [0.1, 0.15) is 5.82 Å². The normalized spacial score (nSPS) is 19.9. The van der Waals surface area contributed by atoms with Crippen LogP contribution in [-0.4, -0.2) is 94.9 Å². The molecule has 1 atom stereocenters. The van der Waals surface area contributed by atoms with Crippen molar-refractivity contribution in [1.29, 1.82) is 0 Å². The predicted octanol–water partition coefficient (Wildman–Crippen LogP) is -0.339. The van der Waals surface area contributed by atoms with Crippen molar-refractivity contribution in [2.45, 2.75) is 44.6 Å². The number of nitrogen functional groups attached to an aromatic ring is 1. The summed E-state index contributed by atoms with van der Waals surface area (Å²) in [5.74, 6) is 0.263. The fourth-order valence-electron chi connectivity index (χ4n) is 5.00. The maximum atomic E-state index is 13.1. The highest BCUT2D eigenvalue weighted by Gasteiger charge is 2.30. The molecular formula is C25H37N9O4. The molecule has 2 aromatic heterocycles. The smallest absolute Gasteiger partial charge is 0.272 e. The minimum absolute atomic E-state index is 0.0476. The Bertz CT molecular complexity index is 1150. The topological polar surface area (TPSA) is 161 Å². The number of nitrogens with one attached hydrogen (secondary N) is 2. The molecule has 1 aliphatic heterocycles. The van der Waals surface area contributed by atoms with Crippen LogP contribution in [0.1, 0.15) is 47.4 Å². The summed E-state index contributed by atoms with van der Waals surface area (Å²) in [4.78, 5) is 51.3. The number of hydrogen-bond acceptors (Lipinski definition) is 9. The largest absolute Gasteiger partial charge is 0.384 e. The first-order valence-electron chi connectivity index (χ1n) is 13.1. The van der Waals surface area contributed by atoms with Gasteiger partial charge in [0.15, 0.2) is 5.69 Å². The zero-order valence-corrected chi connectivity index (χ0v) is 22.1. The van der Waals surface area contributed by atoms with Gasteiger partial charge >= 0.3 is 0 Å². The summed E-state index contributed by atoms with van der Waals surface area (Å²) in [6.45, 7) is 2.13. The van der Waals surface area contributed by atoms with Crippen LogP contribution in [0.15, 0.2) is 12.3 Å². The number of carbonyl (C=O) groups excluding carboxylic acids is 3. The van der Waals surface area contributed by atoms with E-state index in [4.69, 9.17) is 10.5 Å². The van der Waals surface area contributed by atoms with E-state index in [-0.39, 0.29) is 36.7 Å². The average molecular weight is 528 g/mol. The van der Waals surface area contributed by atoms with Crippen molar-refractivity contribution in [1.82, 2.24) is 35.3 Å². The molecule has 0 spiro atoms. The van der Waals surface area contributed by atoms with Crippen molar-refractivity contribution in [3.05, 3.63) is 29.2 Å². The number of nitrogens with zero attached hydrogens (tertiary/aromatic N) is 6. The summed E-state index contributed by atoms with van der Waals surface area (Å²) in [7, 11) is 3.41. The molecule has 2 aliphatic rings. The first-order valence-corrected chi connectivity index (χ1v) is 13.1. The van der Waals surface area contributed by atoms with Crippen molar-refractivity contribution in [2.75, 3.05) is 57.1 Å². The van der Waals surface area contributed by atoms with Gasteiger partial charge in [0.25, 0.3) is 5.91 Å². The number of anilines is 2. The SMILES string of the molecule is COCCN1CC(=O)NC2CCc3c(c(nn3C)C(=O)NCCCN(c3nccc(N)n3)CCCC1=O)C2. The van der Waals surface area contributed by atoms with Gasteiger partial charge in [-0.15, -0.1) is 0 Å². The highest BCUT2D eigenvalue weighted by molar-refractivity contribution is 5.94. The molecule has 206 valence electrons. The van der Waals surface area contributed by atoms with Crippen LogP contribution in [0.25, 0.3) is 0 Å². The summed E-state index contributed by atoms with van der Waals surface area (Å²) in [6.07, 6.45) is 5.01. The molecule has 0 radical (unpaired) electrons. The number of hydrogen-bond donors (Lipinski definition) is 3. The van der Waals surface area contributed by atoms with Crippen LogP contribution in [0.2, 0.25) is 0 Å². The summed E-state index contributed by atoms with van der Waals surface area (Å²) in [5, 5.41) is 10.5. The van der Waals surface area contributed by atoms with Crippen molar-refractivity contribution < 1.29 is 19.1 Å². The van der Waals surface area contributed by atoms with Gasteiger partial charge < -0.3 is 30.9 Å². The van der Waals surface area contributed by atoms with E-state index in [9.17, 15) is 14.4 Å². The second-order valence-electron chi connectivity index (χ2n) is 9.69. The first-order chi connectivity index (χ1) is 18.4. The monoisotopic (exact) mass is 527 g/mol. The molecule has 0 aromatic carbocycles. The van der Waals surface area contributed by atoms with Gasteiger partial charge in [-0.05, 0) is 38.2 Å². The maximum Gasteiger partial charge on any atom is 0.272 e. The third-order valence-electron chi connectivity index (χ3n) is 6.94. The van der Waals surface area contributed by atoms with Crippen LogP contribution in [0, 0.1) is 0 Å². The van der Waals surface area contributed by atoms with Gasteiger partial charge in [0.05, 0.1) is 13.2 Å². The molecule has 3 heterocycles. The zero-order chi connectivity index (χ0) is 27.1. The Balaban J connectivity index is 1.55. The summed E-state index contributed by atoms with van der Waals surface area (Å²) in [5.41, 5.74) is 8.15. The predicted molar refractivity (Wildman–Crippen MR) is 140 cm³/mol. The highest BCUT2D eigenvalue weighted by Crippen LogP contribution is 2.24. The minimum atomic E-state index is -0.228. The molecule has 1 unspecified atom stereocenters. The van der Waals surface area contributed by atoms with Gasteiger partial charge in [0.2, 0.25) is 17.8 Å². The van der Waals surface area contributed by atoms with Gasteiger partial charge in [-0.1, -0.05) is 0 Å². The van der Waals surface area contributed by atoms with E-state index < -0.39 is 0 Å². The van der Waals surface area contributed by atoms with Gasteiger partial charge in [-0.2, -0.15) is 10.1 Å². The van der Waals surface area contributed by atoms with Crippen LogP contribution < -0.4 is 21.3 Å². The third kappa shape index (κ3) is 6.77. The number of nitrogens with two attached hydrogens (primary N) is 1. The number of aryl methyl sites for hydroxylation is 1. The van der Waals surface area contributed by atoms with Gasteiger partial charge in [0, 0.05) is 70.3 Å². The summed E-state index contributed by atoms with van der Waals surface area (Å²) in [6, 6.07) is 1.49. The molecule has 1 aliphatic carbocycles. The van der Waals surface area contributed by atoms with Crippen molar-refractivity contribution in [3.63, 3.8) is 0 Å². The average Bonchev–Trinajstić information content (AvgIpc) is 3.22. The maximum absolute atomic E-state index is 13.1. The van der Waals surface area contributed by atoms with Crippen molar-refractivity contribution in [3.8, 4) is 0 Å². The number of methoxy groups -OCH3 is 1. The Labute approximate surface area is 222 Å². The number of rotatable bonds is 4. The van der Waals surface area contributed by atoms with E-state index in [1.165, 1.54) is 0 Å². The molecule has 2 bridgehead atoms. The quantitative estimate of drug-likeness (QED) is 0.483. The summed E-state index contributed by atoms with van der Waals surface area (Å²) < 4.78 is 6.93. The van der Waals surface area contributed by atoms with E-state index in [1.807, 2.05) is 11.9 Å². The standard InChI is InChI=1S/C25H37N9O4/c1-32-19-7-6-17-15-18(19)23(31-32)24(37)27-9-4-12-33(25-28-10-8-20(26)30-25)11-3-5-22(36)34(13-14-38-2)16-21(35)29-17/h8,10,17H,3-7,9,11-16H2,1-2H3,(H,27,37)(H,29,35)(H2,26,28,30). The van der Waals surface area contributed by atoms with E-state index in [2.05, 4.69) is 25.7 Å². The molecule has 13 nitrogen and oxygen atoms in total. The molecule has 4 N–H and O–H groups in total. The van der Waals surface area contributed by atoms with Crippen LogP contribution in [0.3, 0.4) is 0 Å². The second-order valence-corrected chi connectivity index (χ2v) is 9.69. The number of amides is 3. The van der Waals surface area contributed by atoms with Crippen LogP contribution >= 0.6 is 0 Å². The molecule has 13 heteroatoms. The molecule has 38 heavy (non-hydrogen) atoms. The zero-order valence-electron chi connectivity index (χ0n) is 22.1. The fourth-order valence-corrected chi connectivity index (χ4v) is 5.00. The Morgan fingerprint density at radius 1 is 1.18 bits per heavy atom. The van der Waals surface area contributed by atoms with Crippen LogP contribution in [0.5, 0.6) is 0 Å². The number of fused-ring (bicyclic) bond motifs is 1. The first kappa shape index (κ1) is 27.3. The molecule has 0 saturated carbocycles.